The van der Waals surface area contributed by atoms with E-state index in [1.807, 2.05) is 60.7 Å². The normalized spacial score (nSPS) is 12.0. The number of aromatic amines is 2. The number of imidazole rings is 1. The smallest absolute Gasteiger partial charge is 0.323 e. The van der Waals surface area contributed by atoms with Gasteiger partial charge in [0, 0.05) is 16.8 Å². The number of hydrogen-bond donors (Lipinski definition) is 3. The van der Waals surface area contributed by atoms with Crippen molar-refractivity contribution in [1.82, 2.24) is 15.0 Å². The molecule has 7 nitrogen and oxygen atoms in total. The second-order valence-electron chi connectivity index (χ2n) is 7.48. The molecule has 0 aliphatic rings. The predicted molar refractivity (Wildman–Crippen MR) is 130 cm³/mol. The van der Waals surface area contributed by atoms with Crippen molar-refractivity contribution in [2.45, 2.75) is 17.4 Å². The summed E-state index contributed by atoms with van der Waals surface area (Å²) in [7, 11) is 0. The number of nitrogens with zero attached hydrogens (tertiary/aromatic N) is 1. The van der Waals surface area contributed by atoms with E-state index in [0.717, 1.165) is 16.8 Å². The molecule has 3 N–H and O–H groups in total. The van der Waals surface area contributed by atoms with Crippen LogP contribution in [0.25, 0.3) is 33.6 Å². The molecule has 33 heavy (non-hydrogen) atoms. The highest BCUT2D eigenvalue weighted by Crippen LogP contribution is 2.36. The molecule has 8 heteroatoms. The number of anilines is 1. The fraction of sp³-hybridized carbons (Fsp3) is 0.0800. The topological polar surface area (TPSA) is 104 Å². The lowest BCUT2D eigenvalue weighted by atomic mass is 10.1. The van der Waals surface area contributed by atoms with E-state index in [1.165, 1.54) is 11.8 Å². The first kappa shape index (κ1) is 20.8. The summed E-state index contributed by atoms with van der Waals surface area (Å²) in [6, 6.07) is 24.8. The van der Waals surface area contributed by atoms with Crippen molar-refractivity contribution in [3.63, 3.8) is 0 Å². The molecule has 0 spiro atoms. The molecule has 1 atom stereocenters. The summed E-state index contributed by atoms with van der Waals surface area (Å²) in [6.45, 7) is 1.80. The zero-order valence-corrected chi connectivity index (χ0v) is 18.5. The maximum Gasteiger partial charge on any atom is 0.323 e. The van der Waals surface area contributed by atoms with Crippen LogP contribution in [0.3, 0.4) is 0 Å². The summed E-state index contributed by atoms with van der Waals surface area (Å²) in [6.07, 6.45) is 0. The number of fused-ring (bicyclic) bond motifs is 1. The van der Waals surface area contributed by atoms with E-state index in [1.54, 1.807) is 25.1 Å². The lowest BCUT2D eigenvalue weighted by Gasteiger charge is -2.10. The number of oxazole rings is 1. The Bertz CT molecular complexity index is 1420. The average Bonchev–Trinajstić information content (AvgIpc) is 3.42. The number of benzene rings is 3. The van der Waals surface area contributed by atoms with Gasteiger partial charge in [-0.15, -0.1) is 0 Å². The SMILES string of the molecule is CC(Sc1nc(-c2ccccc2)c(-c2ccccc2)o1)C(=O)Nc1ccc2[nH]c(=O)[nH]c2c1. The highest BCUT2D eigenvalue weighted by atomic mass is 32.2. The van der Waals surface area contributed by atoms with Crippen LogP contribution < -0.4 is 11.0 Å². The Hall–Kier alpha value is -4.04. The Balaban J connectivity index is 1.38. The second kappa shape index (κ2) is 8.84. The molecular weight excluding hydrogens is 436 g/mol. The van der Waals surface area contributed by atoms with Crippen LogP contribution in [0.4, 0.5) is 5.69 Å². The van der Waals surface area contributed by atoms with E-state index in [0.29, 0.717) is 27.7 Å². The largest absolute Gasteiger partial charge is 0.431 e. The maximum atomic E-state index is 12.8. The predicted octanol–water partition coefficient (Wildman–Crippen LogP) is 5.30. The Morgan fingerprint density at radius 1 is 0.939 bits per heavy atom. The molecule has 1 unspecified atom stereocenters. The van der Waals surface area contributed by atoms with Crippen molar-refractivity contribution < 1.29 is 9.21 Å². The van der Waals surface area contributed by atoms with Gasteiger partial charge in [-0.3, -0.25) is 4.79 Å². The number of rotatable bonds is 6. The summed E-state index contributed by atoms with van der Waals surface area (Å²) in [5.41, 5.74) is 4.22. The maximum absolute atomic E-state index is 12.8. The molecule has 0 aliphatic carbocycles. The molecule has 0 radical (unpaired) electrons. The first-order chi connectivity index (χ1) is 16.1. The summed E-state index contributed by atoms with van der Waals surface area (Å²) in [5.74, 6) is 0.469. The lowest BCUT2D eigenvalue weighted by Crippen LogP contribution is -2.22. The van der Waals surface area contributed by atoms with Gasteiger partial charge in [0.1, 0.15) is 5.69 Å². The first-order valence-corrected chi connectivity index (χ1v) is 11.3. The highest BCUT2D eigenvalue weighted by molar-refractivity contribution is 8.00. The second-order valence-corrected chi connectivity index (χ2v) is 8.77. The van der Waals surface area contributed by atoms with Crippen LogP contribution in [0.5, 0.6) is 0 Å². The van der Waals surface area contributed by atoms with Gasteiger partial charge in [0.25, 0.3) is 5.22 Å². The van der Waals surface area contributed by atoms with Crippen molar-refractivity contribution in [3.8, 4) is 22.6 Å². The van der Waals surface area contributed by atoms with E-state index < -0.39 is 5.25 Å². The Kier molecular flexibility index (Phi) is 5.58. The van der Waals surface area contributed by atoms with Gasteiger partial charge >= 0.3 is 5.69 Å². The standard InChI is InChI=1S/C25H20N4O3S/c1-15(23(30)26-18-12-13-19-20(14-18)28-24(31)27-19)33-25-29-21(16-8-4-2-5-9-16)22(32-25)17-10-6-3-7-11-17/h2-15H,1H3,(H,26,30)(H2,27,28,31). The Morgan fingerprint density at radius 3 is 2.33 bits per heavy atom. The van der Waals surface area contributed by atoms with Crippen molar-refractivity contribution in [2.75, 3.05) is 5.32 Å². The molecule has 0 bridgehead atoms. The highest BCUT2D eigenvalue weighted by Gasteiger charge is 2.22. The van der Waals surface area contributed by atoms with Crippen LogP contribution in [0, 0.1) is 0 Å². The Labute approximate surface area is 193 Å². The van der Waals surface area contributed by atoms with Crippen LogP contribution in [0.1, 0.15) is 6.92 Å². The van der Waals surface area contributed by atoms with Gasteiger partial charge in [-0.25, -0.2) is 9.78 Å². The van der Waals surface area contributed by atoms with Gasteiger partial charge in [0.2, 0.25) is 5.91 Å². The van der Waals surface area contributed by atoms with E-state index in [2.05, 4.69) is 15.3 Å². The fourth-order valence-electron chi connectivity index (χ4n) is 3.49. The first-order valence-electron chi connectivity index (χ1n) is 10.4. The van der Waals surface area contributed by atoms with Crippen LogP contribution >= 0.6 is 11.8 Å². The number of H-pyrrole nitrogens is 2. The van der Waals surface area contributed by atoms with E-state index in [9.17, 15) is 9.59 Å². The van der Waals surface area contributed by atoms with E-state index >= 15 is 0 Å². The number of carbonyl (C=O) groups excluding carboxylic acids is 1. The van der Waals surface area contributed by atoms with E-state index in [4.69, 9.17) is 9.40 Å². The molecule has 0 saturated carbocycles. The van der Waals surface area contributed by atoms with Crippen LogP contribution in [0.15, 0.2) is 93.3 Å². The number of aromatic nitrogens is 3. The van der Waals surface area contributed by atoms with Gasteiger partial charge in [-0.05, 0) is 25.1 Å². The number of carbonyl (C=O) groups is 1. The number of amides is 1. The molecule has 0 saturated heterocycles. The summed E-state index contributed by atoms with van der Waals surface area (Å²) < 4.78 is 6.11. The van der Waals surface area contributed by atoms with Gasteiger partial charge in [0.05, 0.1) is 16.3 Å². The number of nitrogens with one attached hydrogen (secondary N) is 3. The molecule has 164 valence electrons. The summed E-state index contributed by atoms with van der Waals surface area (Å²) >= 11 is 1.25. The monoisotopic (exact) mass is 456 g/mol. The molecular formula is C25H20N4O3S. The zero-order chi connectivity index (χ0) is 22.8. The molecule has 5 rings (SSSR count). The molecule has 2 aromatic heterocycles. The van der Waals surface area contributed by atoms with E-state index in [-0.39, 0.29) is 11.6 Å². The minimum Gasteiger partial charge on any atom is -0.431 e. The minimum atomic E-state index is -0.461. The zero-order valence-electron chi connectivity index (χ0n) is 17.7. The van der Waals surface area contributed by atoms with Crippen molar-refractivity contribution in [2.24, 2.45) is 0 Å². The van der Waals surface area contributed by atoms with Crippen molar-refractivity contribution in [3.05, 3.63) is 89.3 Å². The third kappa shape index (κ3) is 4.47. The van der Waals surface area contributed by atoms with Crippen molar-refractivity contribution >= 4 is 34.4 Å². The average molecular weight is 457 g/mol. The number of thioether (sulfide) groups is 1. The fourth-order valence-corrected chi connectivity index (χ4v) is 4.23. The number of hydrogen-bond acceptors (Lipinski definition) is 5. The van der Waals surface area contributed by atoms with Gasteiger partial charge in [0.15, 0.2) is 5.76 Å². The van der Waals surface area contributed by atoms with Gasteiger partial charge in [-0.2, -0.15) is 0 Å². The minimum absolute atomic E-state index is 0.196. The van der Waals surface area contributed by atoms with Gasteiger partial charge in [-0.1, -0.05) is 72.4 Å². The summed E-state index contributed by atoms with van der Waals surface area (Å²) in [4.78, 5) is 34.3. The quantitative estimate of drug-likeness (QED) is 0.301. The van der Waals surface area contributed by atoms with Crippen LogP contribution in [-0.4, -0.2) is 26.1 Å². The molecule has 5 aromatic rings. The summed E-state index contributed by atoms with van der Waals surface area (Å²) in [5, 5.41) is 2.84. The lowest BCUT2D eigenvalue weighted by molar-refractivity contribution is -0.115. The molecule has 3 aromatic carbocycles. The van der Waals surface area contributed by atoms with Crippen LogP contribution in [0.2, 0.25) is 0 Å². The van der Waals surface area contributed by atoms with Gasteiger partial charge < -0.3 is 19.7 Å². The third-order valence-corrected chi connectivity index (χ3v) is 6.06. The Morgan fingerprint density at radius 2 is 1.61 bits per heavy atom. The van der Waals surface area contributed by atoms with Crippen molar-refractivity contribution in [1.29, 1.82) is 0 Å². The van der Waals surface area contributed by atoms with Crippen LogP contribution in [-0.2, 0) is 4.79 Å². The third-order valence-electron chi connectivity index (χ3n) is 5.12. The molecule has 0 fully saturated rings. The molecule has 1 amide bonds. The molecule has 0 aliphatic heterocycles. The molecule has 2 heterocycles.